The number of aromatic nitrogens is 6. The van der Waals surface area contributed by atoms with Crippen LogP contribution in [-0.2, 0) is 11.3 Å². The highest BCUT2D eigenvalue weighted by Crippen LogP contribution is 2.35. The molecule has 2 aliphatic heterocycles. The van der Waals surface area contributed by atoms with Crippen molar-refractivity contribution in [1.82, 2.24) is 29.3 Å². The lowest BCUT2D eigenvalue weighted by atomic mass is 9.91. The number of fused-ring (bicyclic) bond motifs is 1. The fourth-order valence-corrected chi connectivity index (χ4v) is 4.99. The third kappa shape index (κ3) is 4.16. The molecule has 0 unspecified atom stereocenters. The average Bonchev–Trinajstić information content (AvgIpc) is 3.55. The molecule has 0 N–H and O–H groups in total. The van der Waals surface area contributed by atoms with E-state index in [9.17, 15) is 0 Å². The van der Waals surface area contributed by atoms with E-state index in [0.29, 0.717) is 17.4 Å². The number of nitrogens with zero attached hydrogens (tertiary/aromatic N) is 7. The summed E-state index contributed by atoms with van der Waals surface area (Å²) in [4.78, 5) is 16.4. The monoisotopic (exact) mass is 471 g/mol. The minimum absolute atomic E-state index is 0.209. The van der Waals surface area contributed by atoms with Crippen molar-refractivity contribution in [3.63, 3.8) is 0 Å². The number of anilines is 1. The molecule has 3 aromatic heterocycles. The van der Waals surface area contributed by atoms with Crippen LogP contribution in [0.5, 0.6) is 5.88 Å². The molecule has 1 aromatic carbocycles. The van der Waals surface area contributed by atoms with E-state index in [-0.39, 0.29) is 5.92 Å². The first kappa shape index (κ1) is 21.8. The first-order chi connectivity index (χ1) is 17.2. The second-order valence-corrected chi connectivity index (χ2v) is 9.05. The van der Waals surface area contributed by atoms with E-state index in [0.717, 1.165) is 62.9 Å². The van der Waals surface area contributed by atoms with Crippen LogP contribution in [0.25, 0.3) is 17.2 Å². The SMILES string of the molecule is COc1nc(-c2nc3n(n2)CCC[C@H]3c2cccc(N3CCOCC3)c2)ccc1-n1cnc(C)c1. The Morgan fingerprint density at radius 2 is 1.94 bits per heavy atom. The molecule has 0 saturated carbocycles. The van der Waals surface area contributed by atoms with Gasteiger partial charge in [0.2, 0.25) is 5.88 Å². The number of hydrogen-bond donors (Lipinski definition) is 0. The molecular formula is C26H29N7O2. The van der Waals surface area contributed by atoms with Crippen LogP contribution in [0.3, 0.4) is 0 Å². The number of rotatable bonds is 5. The summed E-state index contributed by atoms with van der Waals surface area (Å²) in [5.41, 5.74) is 5.00. The van der Waals surface area contributed by atoms with Crippen LogP contribution in [0.1, 0.15) is 35.8 Å². The number of imidazole rings is 1. The van der Waals surface area contributed by atoms with Gasteiger partial charge in [0.1, 0.15) is 17.2 Å². The van der Waals surface area contributed by atoms with Gasteiger partial charge in [0.05, 0.1) is 32.3 Å². The van der Waals surface area contributed by atoms with Crippen LogP contribution in [-0.4, -0.2) is 62.7 Å². The van der Waals surface area contributed by atoms with E-state index in [2.05, 4.69) is 34.1 Å². The van der Waals surface area contributed by atoms with Gasteiger partial charge in [-0.25, -0.2) is 19.6 Å². The number of aryl methyl sites for hydroxylation is 2. The average molecular weight is 472 g/mol. The number of benzene rings is 1. The summed E-state index contributed by atoms with van der Waals surface area (Å²) in [6.45, 7) is 6.23. The standard InChI is InChI=1S/C26H29N7O2/c1-18-16-32(17-27-18)23-9-8-22(28-26(23)34-2)24-29-25-21(7-4-10-33(25)30-24)19-5-3-6-20(15-19)31-11-13-35-14-12-31/h3,5-6,8-9,15-17,21H,4,7,10-14H2,1-2H3/t21-/m0/s1. The zero-order valence-corrected chi connectivity index (χ0v) is 20.1. The molecule has 180 valence electrons. The predicted octanol–water partition coefficient (Wildman–Crippen LogP) is 3.61. The number of ether oxygens (including phenoxy) is 2. The molecule has 0 radical (unpaired) electrons. The highest BCUT2D eigenvalue weighted by molar-refractivity contribution is 5.56. The topological polar surface area (TPSA) is 83.1 Å². The molecule has 9 nitrogen and oxygen atoms in total. The van der Waals surface area contributed by atoms with Crippen molar-refractivity contribution in [3.8, 4) is 23.1 Å². The molecule has 35 heavy (non-hydrogen) atoms. The second-order valence-electron chi connectivity index (χ2n) is 9.05. The van der Waals surface area contributed by atoms with E-state index in [1.54, 1.807) is 13.4 Å². The van der Waals surface area contributed by atoms with E-state index in [1.165, 1.54) is 11.3 Å². The first-order valence-electron chi connectivity index (χ1n) is 12.1. The zero-order chi connectivity index (χ0) is 23.8. The highest BCUT2D eigenvalue weighted by Gasteiger charge is 2.27. The summed E-state index contributed by atoms with van der Waals surface area (Å²) in [5, 5.41) is 4.83. The van der Waals surface area contributed by atoms with E-state index in [4.69, 9.17) is 24.5 Å². The Labute approximate surface area is 204 Å². The maximum atomic E-state index is 5.60. The van der Waals surface area contributed by atoms with Crippen molar-refractivity contribution in [2.75, 3.05) is 38.3 Å². The van der Waals surface area contributed by atoms with Gasteiger partial charge >= 0.3 is 0 Å². The Kier molecular flexibility index (Phi) is 5.69. The van der Waals surface area contributed by atoms with Crippen LogP contribution in [0.2, 0.25) is 0 Å². The van der Waals surface area contributed by atoms with E-state index >= 15 is 0 Å². The fourth-order valence-electron chi connectivity index (χ4n) is 4.99. The molecule has 4 aromatic rings. The first-order valence-corrected chi connectivity index (χ1v) is 12.1. The molecule has 1 atom stereocenters. The lowest BCUT2D eigenvalue weighted by Crippen LogP contribution is -2.36. The minimum Gasteiger partial charge on any atom is -0.479 e. The summed E-state index contributed by atoms with van der Waals surface area (Å²) in [6.07, 6.45) is 5.83. The van der Waals surface area contributed by atoms with Gasteiger partial charge in [-0.2, -0.15) is 0 Å². The summed E-state index contributed by atoms with van der Waals surface area (Å²) < 4.78 is 15.1. The summed E-state index contributed by atoms with van der Waals surface area (Å²) in [6, 6.07) is 12.8. The third-order valence-electron chi connectivity index (χ3n) is 6.78. The summed E-state index contributed by atoms with van der Waals surface area (Å²) >= 11 is 0. The van der Waals surface area contributed by atoms with Gasteiger partial charge in [0.15, 0.2) is 5.82 Å². The van der Waals surface area contributed by atoms with Crippen molar-refractivity contribution >= 4 is 5.69 Å². The Morgan fingerprint density at radius 3 is 2.74 bits per heavy atom. The molecule has 0 bridgehead atoms. The Bertz CT molecular complexity index is 1340. The molecule has 0 amide bonds. The quantitative estimate of drug-likeness (QED) is 0.440. The summed E-state index contributed by atoms with van der Waals surface area (Å²) in [5.74, 6) is 2.35. The maximum Gasteiger partial charge on any atom is 0.238 e. The van der Waals surface area contributed by atoms with Crippen LogP contribution < -0.4 is 9.64 Å². The molecule has 5 heterocycles. The molecule has 1 fully saturated rings. The largest absolute Gasteiger partial charge is 0.479 e. The van der Waals surface area contributed by atoms with Crippen molar-refractivity contribution in [2.24, 2.45) is 0 Å². The molecule has 0 spiro atoms. The lowest BCUT2D eigenvalue weighted by Gasteiger charge is -2.30. The van der Waals surface area contributed by atoms with Gasteiger partial charge in [-0.15, -0.1) is 5.10 Å². The third-order valence-corrected chi connectivity index (χ3v) is 6.78. The number of methoxy groups -OCH3 is 1. The van der Waals surface area contributed by atoms with Crippen molar-refractivity contribution in [1.29, 1.82) is 0 Å². The zero-order valence-electron chi connectivity index (χ0n) is 20.1. The Balaban J connectivity index is 1.32. The molecule has 9 heteroatoms. The van der Waals surface area contributed by atoms with Gasteiger partial charge in [-0.3, -0.25) is 0 Å². The highest BCUT2D eigenvalue weighted by atomic mass is 16.5. The van der Waals surface area contributed by atoms with E-state index < -0.39 is 0 Å². The minimum atomic E-state index is 0.209. The number of morpholine rings is 1. The van der Waals surface area contributed by atoms with Crippen LogP contribution in [0, 0.1) is 6.92 Å². The van der Waals surface area contributed by atoms with Crippen LogP contribution in [0.4, 0.5) is 5.69 Å². The maximum absolute atomic E-state index is 5.60. The van der Waals surface area contributed by atoms with Crippen molar-refractivity contribution < 1.29 is 9.47 Å². The second kappa shape index (κ2) is 9.14. The van der Waals surface area contributed by atoms with Crippen LogP contribution >= 0.6 is 0 Å². The lowest BCUT2D eigenvalue weighted by molar-refractivity contribution is 0.122. The number of pyridine rings is 1. The van der Waals surface area contributed by atoms with Crippen molar-refractivity contribution in [3.05, 3.63) is 66.0 Å². The van der Waals surface area contributed by atoms with Gasteiger partial charge in [0, 0.05) is 37.4 Å². The molecule has 0 aliphatic carbocycles. The number of hydrogen-bond acceptors (Lipinski definition) is 7. The Morgan fingerprint density at radius 1 is 1.06 bits per heavy atom. The van der Waals surface area contributed by atoms with E-state index in [1.807, 2.05) is 34.5 Å². The normalized spacial score (nSPS) is 17.9. The van der Waals surface area contributed by atoms with Crippen molar-refractivity contribution in [2.45, 2.75) is 32.2 Å². The smallest absolute Gasteiger partial charge is 0.238 e. The summed E-state index contributed by atoms with van der Waals surface area (Å²) in [7, 11) is 1.63. The Hall–Kier alpha value is -3.72. The molecular weight excluding hydrogens is 442 g/mol. The van der Waals surface area contributed by atoms with Gasteiger partial charge in [-0.1, -0.05) is 12.1 Å². The molecule has 2 aliphatic rings. The van der Waals surface area contributed by atoms with Gasteiger partial charge in [-0.05, 0) is 49.6 Å². The fraction of sp³-hybridized carbons (Fsp3) is 0.385. The van der Waals surface area contributed by atoms with Crippen LogP contribution in [0.15, 0.2) is 48.9 Å². The molecule has 6 rings (SSSR count). The van der Waals surface area contributed by atoms with Gasteiger partial charge in [0.25, 0.3) is 0 Å². The molecule has 1 saturated heterocycles. The van der Waals surface area contributed by atoms with Gasteiger partial charge < -0.3 is 18.9 Å². The predicted molar refractivity (Wildman–Crippen MR) is 132 cm³/mol.